The number of nitrogens with one attached hydrogen (secondary N) is 2. The third-order valence-corrected chi connectivity index (χ3v) is 8.08. The molecule has 5 atom stereocenters. The van der Waals surface area contributed by atoms with Crippen LogP contribution in [0.15, 0.2) is 54.6 Å². The van der Waals surface area contributed by atoms with Crippen LogP contribution in [0.1, 0.15) is 37.7 Å². The number of fused-ring (bicyclic) bond motifs is 1. The van der Waals surface area contributed by atoms with Gasteiger partial charge in [-0.3, -0.25) is 14.4 Å². The van der Waals surface area contributed by atoms with E-state index in [0.29, 0.717) is 50.2 Å². The lowest BCUT2D eigenvalue weighted by Gasteiger charge is -2.33. The fourth-order valence-corrected chi connectivity index (χ4v) is 6.35. The van der Waals surface area contributed by atoms with E-state index in [9.17, 15) is 19.5 Å². The number of unbranched alkanes of at least 4 members (excludes halogenated alkanes) is 2. The second-order valence-corrected chi connectivity index (χ2v) is 10.3. The molecule has 0 aromatic heterocycles. The van der Waals surface area contributed by atoms with Gasteiger partial charge in [0.15, 0.2) is 0 Å². The topological polar surface area (TPSA) is 117 Å². The van der Waals surface area contributed by atoms with Crippen molar-refractivity contribution in [2.45, 2.75) is 56.4 Å². The zero-order valence-electron chi connectivity index (χ0n) is 21.6. The van der Waals surface area contributed by atoms with Crippen molar-refractivity contribution in [3.63, 3.8) is 0 Å². The van der Waals surface area contributed by atoms with Crippen molar-refractivity contribution in [1.82, 2.24) is 10.2 Å². The number of carbonyl (C=O) groups is 3. The van der Waals surface area contributed by atoms with Gasteiger partial charge >= 0.3 is 0 Å². The zero-order valence-corrected chi connectivity index (χ0v) is 21.6. The van der Waals surface area contributed by atoms with Crippen molar-refractivity contribution in [2.24, 2.45) is 11.8 Å². The molecule has 9 heteroatoms. The first kappa shape index (κ1) is 26.2. The highest BCUT2D eigenvalue weighted by molar-refractivity contribution is 6.03. The lowest BCUT2D eigenvalue weighted by atomic mass is 9.70. The molecule has 2 unspecified atom stereocenters. The molecule has 38 heavy (non-hydrogen) atoms. The molecule has 3 N–H and O–H groups in total. The van der Waals surface area contributed by atoms with Gasteiger partial charge in [0.25, 0.3) is 0 Å². The summed E-state index contributed by atoms with van der Waals surface area (Å²) in [5.41, 5.74) is 0.525. The number of likely N-dealkylation sites (tertiary alicyclic amines) is 1. The van der Waals surface area contributed by atoms with Crippen molar-refractivity contribution in [3.05, 3.63) is 60.2 Å². The van der Waals surface area contributed by atoms with Crippen molar-refractivity contribution >= 4 is 23.4 Å². The molecule has 0 aliphatic carbocycles. The molecule has 0 saturated carbocycles. The first-order chi connectivity index (χ1) is 18.5. The van der Waals surface area contributed by atoms with Crippen molar-refractivity contribution in [2.75, 3.05) is 25.6 Å². The van der Waals surface area contributed by atoms with E-state index in [1.807, 2.05) is 30.3 Å². The minimum Gasteiger partial charge on any atom is -0.497 e. The van der Waals surface area contributed by atoms with Gasteiger partial charge in [-0.1, -0.05) is 30.3 Å². The van der Waals surface area contributed by atoms with E-state index in [2.05, 4.69) is 10.6 Å². The molecule has 3 heterocycles. The molecule has 5 rings (SSSR count). The maximum Gasteiger partial charge on any atom is 0.250 e. The molecule has 3 fully saturated rings. The highest BCUT2D eigenvalue weighted by atomic mass is 16.5. The Bertz CT molecular complexity index is 1160. The summed E-state index contributed by atoms with van der Waals surface area (Å²) < 4.78 is 11.7. The number of anilines is 1. The highest BCUT2D eigenvalue weighted by Crippen LogP contribution is 2.58. The molecule has 1 spiro atoms. The summed E-state index contributed by atoms with van der Waals surface area (Å²) in [4.78, 5) is 42.7. The van der Waals surface area contributed by atoms with Gasteiger partial charge < -0.3 is 30.1 Å². The smallest absolute Gasteiger partial charge is 0.250 e. The van der Waals surface area contributed by atoms with E-state index >= 15 is 0 Å². The number of aliphatic hydroxyl groups excluding tert-OH is 1. The van der Waals surface area contributed by atoms with Crippen LogP contribution >= 0.6 is 0 Å². The second-order valence-electron chi connectivity index (χ2n) is 10.3. The Kier molecular flexibility index (Phi) is 7.67. The Morgan fingerprint density at radius 2 is 1.84 bits per heavy atom. The first-order valence-electron chi connectivity index (χ1n) is 13.3. The van der Waals surface area contributed by atoms with Gasteiger partial charge in [-0.2, -0.15) is 0 Å². The number of aliphatic hydroxyl groups is 1. The van der Waals surface area contributed by atoms with E-state index in [-0.39, 0.29) is 24.3 Å². The molecule has 0 radical (unpaired) electrons. The third kappa shape index (κ3) is 4.76. The predicted octanol–water partition coefficient (Wildman–Crippen LogP) is 2.49. The summed E-state index contributed by atoms with van der Waals surface area (Å²) in [5.74, 6) is -1.41. The van der Waals surface area contributed by atoms with Crippen molar-refractivity contribution < 1.29 is 29.0 Å². The van der Waals surface area contributed by atoms with E-state index in [1.165, 1.54) is 0 Å². The largest absolute Gasteiger partial charge is 0.497 e. The number of hydrogen-bond donors (Lipinski definition) is 3. The fraction of sp³-hybridized carbons (Fsp3) is 0.483. The molecular formula is C29H35N3O6. The first-order valence-corrected chi connectivity index (χ1v) is 13.3. The second kappa shape index (κ2) is 11.1. The summed E-state index contributed by atoms with van der Waals surface area (Å²) in [5, 5.41) is 15.1. The number of ether oxygens (including phenoxy) is 2. The van der Waals surface area contributed by atoms with Crippen LogP contribution in [0.4, 0.5) is 5.69 Å². The predicted molar refractivity (Wildman–Crippen MR) is 140 cm³/mol. The Balaban J connectivity index is 1.38. The summed E-state index contributed by atoms with van der Waals surface area (Å²) in [6, 6.07) is 15.8. The van der Waals surface area contributed by atoms with E-state index < -0.39 is 29.6 Å². The van der Waals surface area contributed by atoms with Gasteiger partial charge in [-0.15, -0.1) is 0 Å². The number of nitrogens with zero attached hydrogens (tertiary/aromatic N) is 1. The average molecular weight is 522 g/mol. The van der Waals surface area contributed by atoms with Gasteiger partial charge in [-0.25, -0.2) is 0 Å². The van der Waals surface area contributed by atoms with Crippen LogP contribution < -0.4 is 15.4 Å². The standard InChI is InChI=1S/C29H35N3O6/c1-37-21-12-10-20(11-13-21)31-27(35)25-29-15-14-22(38-29)23(26(34)30-18-19-8-4-2-5-9-19)24(29)28(36)32(25)16-6-3-7-17-33/h2,4-5,8-13,22-25,33H,3,6-7,14-18H2,1H3,(H,30,34)(H,31,35)/t22-,23+,24-,25?,29?/m0/s1. The molecule has 202 valence electrons. The molecule has 9 nitrogen and oxygen atoms in total. The Morgan fingerprint density at radius 1 is 1.08 bits per heavy atom. The minimum absolute atomic E-state index is 0.0797. The van der Waals surface area contributed by atoms with Crippen LogP contribution in [-0.2, 0) is 25.7 Å². The summed E-state index contributed by atoms with van der Waals surface area (Å²) in [6.07, 6.45) is 2.78. The molecule has 3 aliphatic heterocycles. The number of hydrogen-bond acceptors (Lipinski definition) is 6. The van der Waals surface area contributed by atoms with E-state index in [1.54, 1.807) is 36.3 Å². The number of amides is 3. The summed E-state index contributed by atoms with van der Waals surface area (Å²) >= 11 is 0. The third-order valence-electron chi connectivity index (χ3n) is 8.08. The van der Waals surface area contributed by atoms with Gasteiger partial charge in [0.1, 0.15) is 17.4 Å². The lowest BCUT2D eigenvalue weighted by molar-refractivity contribution is -0.141. The molecular weight excluding hydrogens is 486 g/mol. The number of rotatable bonds is 11. The Morgan fingerprint density at radius 3 is 2.55 bits per heavy atom. The maximum atomic E-state index is 13.9. The van der Waals surface area contributed by atoms with E-state index in [0.717, 1.165) is 12.0 Å². The van der Waals surface area contributed by atoms with Crippen molar-refractivity contribution in [3.8, 4) is 5.75 Å². The van der Waals surface area contributed by atoms with Crippen LogP contribution in [0.2, 0.25) is 0 Å². The SMILES string of the molecule is COc1ccc(NC(=O)C2N(CCCCCO)C(=O)[C@@H]3[C@H](C(=O)NCc4ccccc4)[C@@H]4CCC23O4)cc1. The quantitative estimate of drug-likeness (QED) is 0.391. The van der Waals surface area contributed by atoms with Gasteiger partial charge in [0, 0.05) is 25.4 Å². The van der Waals surface area contributed by atoms with Crippen molar-refractivity contribution in [1.29, 1.82) is 0 Å². The monoisotopic (exact) mass is 521 g/mol. The fourth-order valence-electron chi connectivity index (χ4n) is 6.35. The number of carbonyl (C=O) groups excluding carboxylic acids is 3. The molecule has 2 aromatic rings. The van der Waals surface area contributed by atoms with Crippen LogP contribution in [0.25, 0.3) is 0 Å². The molecule has 2 aromatic carbocycles. The molecule has 3 aliphatic rings. The highest BCUT2D eigenvalue weighted by Gasteiger charge is 2.74. The summed E-state index contributed by atoms with van der Waals surface area (Å²) in [6.45, 7) is 0.809. The zero-order chi connectivity index (χ0) is 26.7. The summed E-state index contributed by atoms with van der Waals surface area (Å²) in [7, 11) is 1.58. The molecule has 3 amide bonds. The van der Waals surface area contributed by atoms with Crippen LogP contribution in [0, 0.1) is 11.8 Å². The lowest BCUT2D eigenvalue weighted by Crippen LogP contribution is -2.53. The van der Waals surface area contributed by atoms with Gasteiger partial charge in [0.05, 0.1) is 25.0 Å². The molecule has 3 saturated heterocycles. The van der Waals surface area contributed by atoms with Crippen LogP contribution in [-0.4, -0.2) is 65.7 Å². The molecule has 2 bridgehead atoms. The van der Waals surface area contributed by atoms with Crippen LogP contribution in [0.5, 0.6) is 5.75 Å². The van der Waals surface area contributed by atoms with E-state index in [4.69, 9.17) is 9.47 Å². The average Bonchev–Trinajstić information content (AvgIpc) is 3.58. The van der Waals surface area contributed by atoms with Crippen LogP contribution in [0.3, 0.4) is 0 Å². The number of methoxy groups -OCH3 is 1. The number of benzene rings is 2. The normalized spacial score (nSPS) is 27.3. The Labute approximate surface area is 222 Å². The minimum atomic E-state index is -1.04. The maximum absolute atomic E-state index is 13.9. The van der Waals surface area contributed by atoms with Gasteiger partial charge in [-0.05, 0) is 61.9 Å². The van der Waals surface area contributed by atoms with Gasteiger partial charge in [0.2, 0.25) is 17.7 Å². The Hall–Kier alpha value is -3.43.